The summed E-state index contributed by atoms with van der Waals surface area (Å²) in [5, 5.41) is 0. The highest BCUT2D eigenvalue weighted by molar-refractivity contribution is 5.40. The number of benzene rings is 1. The van der Waals surface area contributed by atoms with Gasteiger partial charge < -0.3 is 15.2 Å². The molecule has 1 unspecified atom stereocenters. The molecular formula is C14H23NO2. The molecule has 0 saturated carbocycles. The van der Waals surface area contributed by atoms with Crippen molar-refractivity contribution in [3.8, 4) is 5.75 Å². The second-order valence-corrected chi connectivity index (χ2v) is 4.47. The maximum atomic E-state index is 5.70. The van der Waals surface area contributed by atoms with Crippen LogP contribution in [0, 0.1) is 20.8 Å². The van der Waals surface area contributed by atoms with E-state index in [0.717, 1.165) is 5.75 Å². The van der Waals surface area contributed by atoms with Gasteiger partial charge in [-0.15, -0.1) is 0 Å². The molecule has 96 valence electrons. The van der Waals surface area contributed by atoms with Crippen LogP contribution in [-0.4, -0.2) is 25.9 Å². The van der Waals surface area contributed by atoms with E-state index < -0.39 is 0 Å². The summed E-state index contributed by atoms with van der Waals surface area (Å²) in [6.07, 6.45) is 0.0967. The van der Waals surface area contributed by atoms with Crippen LogP contribution in [0.4, 0.5) is 0 Å². The van der Waals surface area contributed by atoms with Crippen molar-refractivity contribution in [2.24, 2.45) is 5.73 Å². The molecule has 0 aliphatic carbocycles. The molecular weight excluding hydrogens is 214 g/mol. The van der Waals surface area contributed by atoms with Crippen molar-refractivity contribution < 1.29 is 9.47 Å². The van der Waals surface area contributed by atoms with E-state index in [4.69, 9.17) is 15.2 Å². The number of ether oxygens (including phenoxy) is 2. The van der Waals surface area contributed by atoms with Crippen molar-refractivity contribution in [2.75, 3.05) is 19.8 Å². The SMILES string of the molecule is Cc1cc(C)c(OCCOC(C)CN)cc1C. The van der Waals surface area contributed by atoms with E-state index in [9.17, 15) is 0 Å². The first-order chi connectivity index (χ1) is 8.04. The number of aryl methyl sites for hydroxylation is 3. The summed E-state index contributed by atoms with van der Waals surface area (Å²) >= 11 is 0. The Morgan fingerprint density at radius 1 is 1.06 bits per heavy atom. The van der Waals surface area contributed by atoms with Crippen molar-refractivity contribution >= 4 is 0 Å². The molecule has 0 fully saturated rings. The fourth-order valence-corrected chi connectivity index (χ4v) is 1.56. The highest BCUT2D eigenvalue weighted by Gasteiger charge is 2.03. The van der Waals surface area contributed by atoms with Crippen LogP contribution in [0.1, 0.15) is 23.6 Å². The van der Waals surface area contributed by atoms with Crippen LogP contribution in [-0.2, 0) is 4.74 Å². The highest BCUT2D eigenvalue weighted by Crippen LogP contribution is 2.22. The van der Waals surface area contributed by atoms with Gasteiger partial charge in [-0.25, -0.2) is 0 Å². The van der Waals surface area contributed by atoms with E-state index in [1.807, 2.05) is 6.92 Å². The molecule has 1 aromatic rings. The first kappa shape index (κ1) is 14.0. The molecule has 0 spiro atoms. The van der Waals surface area contributed by atoms with Crippen LogP contribution >= 0.6 is 0 Å². The minimum absolute atomic E-state index is 0.0967. The Labute approximate surface area is 104 Å². The van der Waals surface area contributed by atoms with Gasteiger partial charge in [0, 0.05) is 6.54 Å². The molecule has 0 bridgehead atoms. The summed E-state index contributed by atoms with van der Waals surface area (Å²) in [6, 6.07) is 4.23. The molecule has 3 heteroatoms. The van der Waals surface area contributed by atoms with Gasteiger partial charge in [0.15, 0.2) is 0 Å². The topological polar surface area (TPSA) is 44.5 Å². The summed E-state index contributed by atoms with van der Waals surface area (Å²) in [6.45, 7) is 9.90. The Morgan fingerprint density at radius 3 is 2.35 bits per heavy atom. The Balaban J connectivity index is 2.44. The van der Waals surface area contributed by atoms with Gasteiger partial charge in [0.1, 0.15) is 12.4 Å². The van der Waals surface area contributed by atoms with E-state index in [1.165, 1.54) is 16.7 Å². The third kappa shape index (κ3) is 4.36. The van der Waals surface area contributed by atoms with Gasteiger partial charge in [0.2, 0.25) is 0 Å². The maximum absolute atomic E-state index is 5.70. The number of hydrogen-bond donors (Lipinski definition) is 1. The molecule has 1 atom stereocenters. The van der Waals surface area contributed by atoms with Gasteiger partial charge in [0.25, 0.3) is 0 Å². The van der Waals surface area contributed by atoms with E-state index in [-0.39, 0.29) is 6.10 Å². The van der Waals surface area contributed by atoms with Crippen molar-refractivity contribution in [1.82, 2.24) is 0 Å². The zero-order chi connectivity index (χ0) is 12.8. The third-order valence-electron chi connectivity index (χ3n) is 2.87. The smallest absolute Gasteiger partial charge is 0.122 e. The van der Waals surface area contributed by atoms with Crippen LogP contribution in [0.25, 0.3) is 0 Å². The molecule has 0 aliphatic rings. The van der Waals surface area contributed by atoms with Gasteiger partial charge in [0.05, 0.1) is 12.7 Å². The molecule has 2 N–H and O–H groups in total. The van der Waals surface area contributed by atoms with Crippen molar-refractivity contribution in [3.63, 3.8) is 0 Å². The van der Waals surface area contributed by atoms with Crippen LogP contribution in [0.2, 0.25) is 0 Å². The summed E-state index contributed by atoms with van der Waals surface area (Å²) < 4.78 is 11.2. The number of hydrogen-bond acceptors (Lipinski definition) is 3. The van der Waals surface area contributed by atoms with Crippen LogP contribution in [0.15, 0.2) is 12.1 Å². The lowest BCUT2D eigenvalue weighted by molar-refractivity contribution is 0.0495. The summed E-state index contributed by atoms with van der Waals surface area (Å²) in [7, 11) is 0. The quantitative estimate of drug-likeness (QED) is 0.772. The fourth-order valence-electron chi connectivity index (χ4n) is 1.56. The average molecular weight is 237 g/mol. The standard InChI is InChI=1S/C14H23NO2/c1-10-7-12(3)14(8-11(10)2)17-6-5-16-13(4)9-15/h7-8,13H,5-6,9,15H2,1-4H3. The minimum atomic E-state index is 0.0967. The summed E-state index contributed by atoms with van der Waals surface area (Å²) in [5.41, 5.74) is 9.17. The Hall–Kier alpha value is -1.06. The predicted molar refractivity (Wildman–Crippen MR) is 70.6 cm³/mol. The van der Waals surface area contributed by atoms with E-state index in [1.54, 1.807) is 0 Å². The zero-order valence-corrected chi connectivity index (χ0v) is 11.2. The molecule has 0 heterocycles. The monoisotopic (exact) mass is 237 g/mol. The normalized spacial score (nSPS) is 12.5. The van der Waals surface area contributed by atoms with Crippen molar-refractivity contribution in [2.45, 2.75) is 33.8 Å². The maximum Gasteiger partial charge on any atom is 0.122 e. The lowest BCUT2D eigenvalue weighted by atomic mass is 10.1. The van der Waals surface area contributed by atoms with E-state index in [0.29, 0.717) is 19.8 Å². The molecule has 0 amide bonds. The Kier molecular flexibility index (Phi) is 5.45. The third-order valence-corrected chi connectivity index (χ3v) is 2.87. The molecule has 0 aliphatic heterocycles. The molecule has 1 rings (SSSR count). The van der Waals surface area contributed by atoms with Crippen molar-refractivity contribution in [1.29, 1.82) is 0 Å². The van der Waals surface area contributed by atoms with Gasteiger partial charge in [-0.05, 0) is 50.5 Å². The molecule has 1 aromatic carbocycles. The molecule has 0 saturated heterocycles. The van der Waals surface area contributed by atoms with Gasteiger partial charge in [-0.3, -0.25) is 0 Å². The minimum Gasteiger partial charge on any atom is -0.491 e. The zero-order valence-electron chi connectivity index (χ0n) is 11.2. The number of nitrogens with two attached hydrogens (primary N) is 1. The van der Waals surface area contributed by atoms with E-state index in [2.05, 4.69) is 32.9 Å². The largest absolute Gasteiger partial charge is 0.491 e. The summed E-state index contributed by atoms with van der Waals surface area (Å²) in [4.78, 5) is 0. The molecule has 3 nitrogen and oxygen atoms in total. The van der Waals surface area contributed by atoms with Gasteiger partial charge >= 0.3 is 0 Å². The van der Waals surface area contributed by atoms with Crippen LogP contribution in [0.5, 0.6) is 5.75 Å². The van der Waals surface area contributed by atoms with Crippen LogP contribution in [0.3, 0.4) is 0 Å². The first-order valence-corrected chi connectivity index (χ1v) is 6.07. The number of rotatable bonds is 6. The van der Waals surface area contributed by atoms with Gasteiger partial charge in [-0.2, -0.15) is 0 Å². The average Bonchev–Trinajstić information content (AvgIpc) is 2.30. The molecule has 0 radical (unpaired) electrons. The Bertz CT molecular complexity index is 363. The van der Waals surface area contributed by atoms with Crippen LogP contribution < -0.4 is 10.5 Å². The van der Waals surface area contributed by atoms with Crippen molar-refractivity contribution in [3.05, 3.63) is 28.8 Å². The Morgan fingerprint density at radius 2 is 1.71 bits per heavy atom. The lowest BCUT2D eigenvalue weighted by Crippen LogP contribution is -2.22. The summed E-state index contributed by atoms with van der Waals surface area (Å²) in [5.74, 6) is 0.942. The highest BCUT2D eigenvalue weighted by atomic mass is 16.5. The van der Waals surface area contributed by atoms with Gasteiger partial charge in [-0.1, -0.05) is 6.07 Å². The van der Waals surface area contributed by atoms with E-state index >= 15 is 0 Å². The second kappa shape index (κ2) is 6.62. The molecule has 17 heavy (non-hydrogen) atoms. The second-order valence-electron chi connectivity index (χ2n) is 4.47. The predicted octanol–water partition coefficient (Wildman–Crippen LogP) is 2.35. The molecule has 0 aromatic heterocycles. The first-order valence-electron chi connectivity index (χ1n) is 6.07. The lowest BCUT2D eigenvalue weighted by Gasteiger charge is -2.14. The fraction of sp³-hybridized carbons (Fsp3) is 0.571.